The molecule has 0 aromatic heterocycles. The third-order valence-corrected chi connectivity index (χ3v) is 8.06. The van der Waals surface area contributed by atoms with Crippen LogP contribution in [0.15, 0.2) is 0 Å². The topological polar surface area (TPSA) is 110 Å². The summed E-state index contributed by atoms with van der Waals surface area (Å²) in [6.07, 6.45) is 19.7. The number of hydrogen-bond donors (Lipinski definition) is 5. The first-order chi connectivity index (χ1) is 12.3. The maximum atomic E-state index is 9.49. The molecule has 0 spiro atoms. The first-order valence-corrected chi connectivity index (χ1v) is 14.3. The van der Waals surface area contributed by atoms with E-state index in [0.717, 1.165) is 19.3 Å². The molecule has 0 radical (unpaired) electrons. The van der Waals surface area contributed by atoms with Gasteiger partial charge in [0.2, 0.25) is 0 Å². The molecule has 158 valence electrons. The summed E-state index contributed by atoms with van der Waals surface area (Å²) < 4.78 is 4.20. The molecule has 8 heteroatoms. The fourth-order valence-corrected chi connectivity index (χ4v) is 6.05. The average molecular weight is 411 g/mol. The summed E-state index contributed by atoms with van der Waals surface area (Å²) in [5.74, 6) is 0. The molecule has 0 bridgehead atoms. The van der Waals surface area contributed by atoms with Gasteiger partial charge in [-0.1, -0.05) is 103 Å². The fourth-order valence-electron chi connectivity index (χ4n) is 3.17. The zero-order chi connectivity index (χ0) is 19.7. The lowest BCUT2D eigenvalue weighted by molar-refractivity contribution is 0.0828. The van der Waals surface area contributed by atoms with Crippen LogP contribution in [0.4, 0.5) is 0 Å². The van der Waals surface area contributed by atoms with Crippen molar-refractivity contribution in [1.82, 2.24) is 0 Å². The maximum absolute atomic E-state index is 9.49. The van der Waals surface area contributed by atoms with Crippen molar-refractivity contribution in [2.45, 2.75) is 116 Å². The molecule has 6 nitrogen and oxygen atoms in total. The Hall–Kier alpha value is 0.194. The molecule has 0 atom stereocenters. The van der Waals surface area contributed by atoms with E-state index in [9.17, 15) is 9.59 Å². The highest BCUT2D eigenvalue weighted by atomic mass is 28.5. The highest BCUT2D eigenvalue weighted by Crippen LogP contribution is 2.16. The summed E-state index contributed by atoms with van der Waals surface area (Å²) in [6.45, 7) is 2.25. The van der Waals surface area contributed by atoms with Crippen molar-refractivity contribution in [1.29, 1.82) is 0 Å². The van der Waals surface area contributed by atoms with Crippen molar-refractivity contribution in [3.05, 3.63) is 0 Å². The summed E-state index contributed by atoms with van der Waals surface area (Å²) >= 11 is 0. The van der Waals surface area contributed by atoms with Crippen molar-refractivity contribution >= 4 is 17.9 Å². The highest BCUT2D eigenvalue weighted by Gasteiger charge is 2.45. The number of hydrogen-bond acceptors (Lipinski definition) is 6. The van der Waals surface area contributed by atoms with Crippen molar-refractivity contribution in [2.75, 3.05) is 0 Å². The maximum Gasteiger partial charge on any atom is 0.663 e. The fraction of sp³-hybridized carbons (Fsp3) is 1.00. The smallest absolute Gasteiger partial charge is 0.390 e. The van der Waals surface area contributed by atoms with E-state index in [-0.39, 0.29) is 6.04 Å². The van der Waals surface area contributed by atoms with Gasteiger partial charge in [-0.2, -0.15) is 0 Å². The van der Waals surface area contributed by atoms with E-state index in [1.807, 2.05) is 0 Å². The quantitative estimate of drug-likeness (QED) is 0.164. The van der Waals surface area contributed by atoms with Crippen LogP contribution in [-0.2, 0) is 4.12 Å². The van der Waals surface area contributed by atoms with Gasteiger partial charge in [0.1, 0.15) is 0 Å². The van der Waals surface area contributed by atoms with Crippen LogP contribution in [0.2, 0.25) is 6.04 Å². The van der Waals surface area contributed by atoms with Crippen LogP contribution in [0.5, 0.6) is 0 Å². The van der Waals surface area contributed by atoms with Gasteiger partial charge < -0.3 is 28.1 Å². The van der Waals surface area contributed by atoms with Crippen LogP contribution in [0.25, 0.3) is 0 Å². The third kappa shape index (κ3) is 20.5. The van der Waals surface area contributed by atoms with Gasteiger partial charge in [-0.15, -0.1) is 0 Å². The molecule has 0 aliphatic rings. The van der Waals surface area contributed by atoms with E-state index < -0.39 is 17.9 Å². The van der Waals surface area contributed by atoms with Crippen molar-refractivity contribution in [2.24, 2.45) is 0 Å². The van der Waals surface area contributed by atoms with Gasteiger partial charge in [0, 0.05) is 6.04 Å². The highest BCUT2D eigenvalue weighted by molar-refractivity contribution is 6.68. The summed E-state index contributed by atoms with van der Waals surface area (Å²) in [4.78, 5) is 45.2. The Labute approximate surface area is 162 Å². The van der Waals surface area contributed by atoms with Crippen LogP contribution >= 0.6 is 0 Å². The summed E-state index contributed by atoms with van der Waals surface area (Å²) in [7, 11) is -8.98. The molecule has 0 saturated heterocycles. The first-order valence-electron chi connectivity index (χ1n) is 10.6. The molecule has 0 amide bonds. The lowest BCUT2D eigenvalue weighted by Crippen LogP contribution is -2.53. The zero-order valence-electron chi connectivity index (χ0n) is 16.7. The van der Waals surface area contributed by atoms with E-state index in [0.29, 0.717) is 6.42 Å². The van der Waals surface area contributed by atoms with Crippen molar-refractivity contribution < 1.29 is 28.1 Å². The second-order valence-electron chi connectivity index (χ2n) is 7.47. The summed E-state index contributed by atoms with van der Waals surface area (Å²) in [5.41, 5.74) is 0. The van der Waals surface area contributed by atoms with E-state index in [1.54, 1.807) is 0 Å². The van der Waals surface area contributed by atoms with Gasteiger partial charge in [0.15, 0.2) is 0 Å². The largest absolute Gasteiger partial charge is 0.663 e. The molecule has 5 N–H and O–H groups in total. The molecular weight excluding hydrogens is 368 g/mol. The minimum atomic E-state index is -4.84. The average Bonchev–Trinajstić information content (AvgIpc) is 2.52. The molecule has 0 unspecified atom stereocenters. The van der Waals surface area contributed by atoms with Gasteiger partial charge in [0.25, 0.3) is 0 Å². The lowest BCUT2D eigenvalue weighted by Gasteiger charge is -2.21. The Balaban J connectivity index is 3.25. The molecule has 0 aromatic rings. The van der Waals surface area contributed by atoms with Crippen LogP contribution < -0.4 is 0 Å². The van der Waals surface area contributed by atoms with E-state index in [2.05, 4.69) is 11.0 Å². The molecular formula is C18H42O6Si2. The van der Waals surface area contributed by atoms with Crippen molar-refractivity contribution in [3.8, 4) is 0 Å². The predicted molar refractivity (Wildman–Crippen MR) is 108 cm³/mol. The second kappa shape index (κ2) is 16.2. The van der Waals surface area contributed by atoms with Crippen molar-refractivity contribution in [3.63, 3.8) is 0 Å². The molecule has 0 saturated carbocycles. The van der Waals surface area contributed by atoms with Crippen LogP contribution in [-0.4, -0.2) is 41.8 Å². The molecule has 0 fully saturated rings. The number of rotatable bonds is 19. The van der Waals surface area contributed by atoms with E-state index in [4.69, 9.17) is 14.4 Å². The molecule has 0 rings (SSSR count). The minimum absolute atomic E-state index is 0.0120. The Kier molecular flexibility index (Phi) is 16.3. The van der Waals surface area contributed by atoms with Crippen LogP contribution in [0, 0.1) is 0 Å². The Morgan fingerprint density at radius 3 is 1.12 bits per heavy atom. The molecule has 0 heterocycles. The molecule has 0 aliphatic heterocycles. The standard InChI is InChI=1S/C18H42O6Si2/c1-2-3-4-5-6-7-8-9-10-11-12-13-14-15-16-17-18-25(19,20)24-26(21,22)23/h19-23H,2-18H2,1H3. The van der Waals surface area contributed by atoms with Gasteiger partial charge in [-0.3, -0.25) is 0 Å². The van der Waals surface area contributed by atoms with Crippen LogP contribution in [0.1, 0.15) is 110 Å². The number of unbranched alkanes of at least 4 members (excludes halogenated alkanes) is 15. The monoisotopic (exact) mass is 410 g/mol. The lowest BCUT2D eigenvalue weighted by atomic mass is 10.0. The SMILES string of the molecule is CCCCCCCCCCCCCCCCCC[Si](O)(O)O[Si](O)(O)O. The van der Waals surface area contributed by atoms with E-state index >= 15 is 0 Å². The van der Waals surface area contributed by atoms with Gasteiger partial charge >= 0.3 is 17.9 Å². The van der Waals surface area contributed by atoms with Crippen LogP contribution in [0.3, 0.4) is 0 Å². The Bertz CT molecular complexity index is 311. The molecule has 0 aliphatic carbocycles. The summed E-state index contributed by atoms with van der Waals surface area (Å²) in [5, 5.41) is 0. The van der Waals surface area contributed by atoms with Gasteiger partial charge in [-0.05, 0) is 6.42 Å². The zero-order valence-corrected chi connectivity index (χ0v) is 18.7. The van der Waals surface area contributed by atoms with E-state index in [1.165, 1.54) is 77.0 Å². The predicted octanol–water partition coefficient (Wildman–Crippen LogP) is 3.60. The second-order valence-corrected chi connectivity index (χ2v) is 11.4. The summed E-state index contributed by atoms with van der Waals surface area (Å²) in [6, 6.07) is -0.0120. The Morgan fingerprint density at radius 2 is 0.808 bits per heavy atom. The molecule has 26 heavy (non-hydrogen) atoms. The third-order valence-electron chi connectivity index (χ3n) is 4.66. The molecule has 0 aromatic carbocycles. The normalized spacial score (nSPS) is 12.7. The first kappa shape index (κ1) is 26.2. The minimum Gasteiger partial charge on any atom is -0.390 e. The van der Waals surface area contributed by atoms with Gasteiger partial charge in [0.05, 0.1) is 0 Å². The Morgan fingerprint density at radius 1 is 0.500 bits per heavy atom. The van der Waals surface area contributed by atoms with Gasteiger partial charge in [-0.25, -0.2) is 0 Å².